The van der Waals surface area contributed by atoms with Crippen LogP contribution in [0, 0.1) is 0 Å². The van der Waals surface area contributed by atoms with Crippen molar-refractivity contribution < 1.29 is 32.3 Å². The molecule has 0 spiro atoms. The van der Waals surface area contributed by atoms with Gasteiger partial charge in [0.05, 0.1) is 13.2 Å². The van der Waals surface area contributed by atoms with Crippen molar-refractivity contribution in [2.24, 2.45) is 0 Å². The summed E-state index contributed by atoms with van der Waals surface area (Å²) in [4.78, 5) is 18.2. The Kier molecular flexibility index (Phi) is 16.9. The smallest absolute Gasteiger partial charge is 0.302 e. The van der Waals surface area contributed by atoms with Gasteiger partial charge in [0.2, 0.25) is 0 Å². The van der Waals surface area contributed by atoms with E-state index in [4.69, 9.17) is 18.8 Å². The number of hydrogen-bond donors (Lipinski definition) is 2. The van der Waals surface area contributed by atoms with E-state index in [2.05, 4.69) is 43.3 Å². The molecule has 0 aliphatic heterocycles. The molecule has 9 heteroatoms. The highest BCUT2D eigenvalue weighted by molar-refractivity contribution is 7.61. The lowest BCUT2D eigenvalue weighted by Gasteiger charge is -2.17. The standard InChI is InChI=1S/C25H44O7P2/c1-21(2)11-8-13-23(5)15-10-16-25(7)18-20-31-34(29,32-33(26,27)28)30-19-17-24(6)14-9-12-22(3)4/h11-12,15,17-18H,8-10,13-14,16,19-20H2,1-7H3,(H2,26,27,28). The Hall–Kier alpha value is -1.04. The number of allylic oxidation sites excluding steroid dienone is 8. The van der Waals surface area contributed by atoms with Gasteiger partial charge < -0.3 is 9.79 Å². The minimum Gasteiger partial charge on any atom is -0.302 e. The Morgan fingerprint density at radius 2 is 0.971 bits per heavy atom. The summed E-state index contributed by atoms with van der Waals surface area (Å²) in [5, 5.41) is 0. The van der Waals surface area contributed by atoms with Crippen LogP contribution in [0.3, 0.4) is 0 Å². The predicted octanol–water partition coefficient (Wildman–Crippen LogP) is 8.35. The second-order valence-corrected chi connectivity index (χ2v) is 12.0. The topological polar surface area (TPSA) is 102 Å². The molecule has 7 nitrogen and oxygen atoms in total. The van der Waals surface area contributed by atoms with Crippen LogP contribution in [0.1, 0.15) is 87.0 Å². The molecule has 2 N–H and O–H groups in total. The Morgan fingerprint density at radius 3 is 1.32 bits per heavy atom. The molecule has 0 heterocycles. The number of rotatable bonds is 17. The molecule has 0 aliphatic carbocycles. The van der Waals surface area contributed by atoms with Crippen molar-refractivity contribution in [2.45, 2.75) is 87.0 Å². The lowest BCUT2D eigenvalue weighted by molar-refractivity contribution is 0.159. The molecule has 0 aliphatic rings. The van der Waals surface area contributed by atoms with Gasteiger partial charge in [0.25, 0.3) is 0 Å². The summed E-state index contributed by atoms with van der Waals surface area (Å²) in [5.74, 6) is 0. The van der Waals surface area contributed by atoms with Crippen LogP contribution in [-0.4, -0.2) is 23.0 Å². The van der Waals surface area contributed by atoms with Crippen LogP contribution >= 0.6 is 15.6 Å². The van der Waals surface area contributed by atoms with Gasteiger partial charge in [0.15, 0.2) is 0 Å². The minimum absolute atomic E-state index is 0.141. The number of phosphoric acid groups is 2. The molecule has 0 rings (SSSR count). The van der Waals surface area contributed by atoms with Crippen LogP contribution in [0.5, 0.6) is 0 Å². The molecule has 0 aromatic carbocycles. The highest BCUT2D eigenvalue weighted by Gasteiger charge is 2.35. The second-order valence-electron chi connectivity index (χ2n) is 8.94. The quantitative estimate of drug-likeness (QED) is 0.147. The van der Waals surface area contributed by atoms with Crippen molar-refractivity contribution in [1.82, 2.24) is 0 Å². The molecule has 1 atom stereocenters. The Labute approximate surface area is 206 Å². The number of hydrogen-bond acceptors (Lipinski definition) is 5. The second kappa shape index (κ2) is 17.4. The molecular formula is C25H44O7P2. The zero-order chi connectivity index (χ0) is 26.2. The molecule has 196 valence electrons. The summed E-state index contributed by atoms with van der Waals surface area (Å²) in [7, 11) is -9.50. The molecule has 0 aromatic rings. The summed E-state index contributed by atoms with van der Waals surface area (Å²) in [6.45, 7) is 13.9. The molecule has 0 saturated carbocycles. The van der Waals surface area contributed by atoms with Gasteiger partial charge in [-0.1, -0.05) is 58.2 Å². The Morgan fingerprint density at radius 1 is 0.618 bits per heavy atom. The van der Waals surface area contributed by atoms with Gasteiger partial charge in [-0.15, -0.1) is 0 Å². The Balaban J connectivity index is 4.77. The van der Waals surface area contributed by atoms with E-state index < -0.39 is 15.6 Å². The lowest BCUT2D eigenvalue weighted by Crippen LogP contribution is -2.01. The first-order chi connectivity index (χ1) is 15.7. The lowest BCUT2D eigenvalue weighted by atomic mass is 10.1. The van der Waals surface area contributed by atoms with E-state index in [1.165, 1.54) is 16.7 Å². The van der Waals surface area contributed by atoms with Crippen LogP contribution in [-0.2, 0) is 22.5 Å². The normalized spacial score (nSPS) is 15.1. The van der Waals surface area contributed by atoms with Crippen molar-refractivity contribution in [3.8, 4) is 0 Å². The van der Waals surface area contributed by atoms with Crippen molar-refractivity contribution in [3.05, 3.63) is 58.2 Å². The van der Waals surface area contributed by atoms with E-state index in [0.29, 0.717) is 0 Å². The van der Waals surface area contributed by atoms with E-state index in [1.807, 2.05) is 27.7 Å². The average molecular weight is 519 g/mol. The first-order valence-corrected chi connectivity index (χ1v) is 14.6. The molecule has 34 heavy (non-hydrogen) atoms. The zero-order valence-corrected chi connectivity index (χ0v) is 23.7. The van der Waals surface area contributed by atoms with Crippen LogP contribution in [0.15, 0.2) is 58.2 Å². The van der Waals surface area contributed by atoms with Gasteiger partial charge in [0.1, 0.15) is 0 Å². The monoisotopic (exact) mass is 518 g/mol. The van der Waals surface area contributed by atoms with Gasteiger partial charge in [-0.25, -0.2) is 9.13 Å². The van der Waals surface area contributed by atoms with Crippen molar-refractivity contribution >= 4 is 15.6 Å². The fourth-order valence-corrected chi connectivity index (χ4v) is 4.79. The maximum atomic E-state index is 12.7. The van der Waals surface area contributed by atoms with Crippen LogP contribution in [0.25, 0.3) is 0 Å². The van der Waals surface area contributed by atoms with Gasteiger partial charge >= 0.3 is 15.6 Å². The van der Waals surface area contributed by atoms with E-state index >= 15 is 0 Å². The van der Waals surface area contributed by atoms with Gasteiger partial charge in [-0.2, -0.15) is 4.31 Å². The van der Waals surface area contributed by atoms with Crippen LogP contribution in [0.2, 0.25) is 0 Å². The summed E-state index contributed by atoms with van der Waals surface area (Å²) in [6.07, 6.45) is 15.3. The van der Waals surface area contributed by atoms with E-state index in [0.717, 1.165) is 49.7 Å². The molecular weight excluding hydrogens is 474 g/mol. The maximum absolute atomic E-state index is 12.7. The SMILES string of the molecule is CC(C)=CCCC(C)=CCCC(C)=CCOP(=O)(OCC=C(C)CCC=C(C)C)OP(=O)(O)O. The number of phosphoric ester groups is 1. The van der Waals surface area contributed by atoms with Gasteiger partial charge in [-0.3, -0.25) is 9.05 Å². The molecule has 0 bridgehead atoms. The van der Waals surface area contributed by atoms with Crippen LogP contribution < -0.4 is 0 Å². The summed E-state index contributed by atoms with van der Waals surface area (Å²) < 4.78 is 38.6. The minimum atomic E-state index is -5.06. The third-order valence-electron chi connectivity index (χ3n) is 4.75. The molecule has 0 aromatic heterocycles. The fourth-order valence-electron chi connectivity index (χ4n) is 2.79. The van der Waals surface area contributed by atoms with Gasteiger partial charge in [0, 0.05) is 0 Å². The average Bonchev–Trinajstić information content (AvgIpc) is 2.65. The van der Waals surface area contributed by atoms with Gasteiger partial charge in [-0.05, 0) is 87.0 Å². The third kappa shape index (κ3) is 20.3. The zero-order valence-electron chi connectivity index (χ0n) is 21.9. The van der Waals surface area contributed by atoms with E-state index in [-0.39, 0.29) is 13.2 Å². The van der Waals surface area contributed by atoms with E-state index in [1.54, 1.807) is 12.2 Å². The highest BCUT2D eigenvalue weighted by atomic mass is 31.3. The first-order valence-electron chi connectivity index (χ1n) is 11.6. The van der Waals surface area contributed by atoms with E-state index in [9.17, 15) is 9.13 Å². The van der Waals surface area contributed by atoms with Crippen molar-refractivity contribution in [1.29, 1.82) is 0 Å². The molecule has 0 radical (unpaired) electrons. The summed E-state index contributed by atoms with van der Waals surface area (Å²) in [5.41, 5.74) is 5.89. The fraction of sp³-hybridized carbons (Fsp3) is 0.600. The third-order valence-corrected chi connectivity index (χ3v) is 7.33. The Bertz CT molecular complexity index is 852. The molecule has 0 fully saturated rings. The molecule has 1 unspecified atom stereocenters. The molecule has 0 amide bonds. The summed E-state index contributed by atoms with van der Waals surface area (Å²) in [6, 6.07) is 0. The molecule has 0 saturated heterocycles. The van der Waals surface area contributed by atoms with Crippen LogP contribution in [0.4, 0.5) is 0 Å². The maximum Gasteiger partial charge on any atom is 0.484 e. The van der Waals surface area contributed by atoms with Crippen molar-refractivity contribution in [2.75, 3.05) is 13.2 Å². The largest absolute Gasteiger partial charge is 0.484 e. The summed E-state index contributed by atoms with van der Waals surface area (Å²) >= 11 is 0. The predicted molar refractivity (Wildman–Crippen MR) is 140 cm³/mol. The first kappa shape index (κ1) is 33.0. The highest BCUT2D eigenvalue weighted by Crippen LogP contribution is 2.61. The van der Waals surface area contributed by atoms with Crippen molar-refractivity contribution in [3.63, 3.8) is 0 Å².